The number of rotatable bonds is 15. The highest BCUT2D eigenvalue weighted by molar-refractivity contribution is 6.99. The summed E-state index contributed by atoms with van der Waals surface area (Å²) in [6, 6.07) is 20.6. The summed E-state index contributed by atoms with van der Waals surface area (Å²) < 4.78 is 28.0. The van der Waals surface area contributed by atoms with Crippen LogP contribution in [0.1, 0.15) is 72.1 Å². The van der Waals surface area contributed by atoms with Gasteiger partial charge in [0, 0.05) is 25.0 Å². The quantitative estimate of drug-likeness (QED) is 0.191. The second-order valence-electron chi connectivity index (χ2n) is 13.0. The van der Waals surface area contributed by atoms with Crippen molar-refractivity contribution in [2.75, 3.05) is 26.4 Å². The van der Waals surface area contributed by atoms with Crippen LogP contribution in [0.4, 0.5) is 0 Å². The molecule has 1 saturated heterocycles. The van der Waals surface area contributed by atoms with Gasteiger partial charge < -0.3 is 23.7 Å². The van der Waals surface area contributed by atoms with Crippen molar-refractivity contribution < 1.29 is 23.7 Å². The fourth-order valence-corrected chi connectivity index (χ4v) is 10.8. The van der Waals surface area contributed by atoms with Crippen LogP contribution in [-0.2, 0) is 18.6 Å². The molecular formula is C35H50N2O7Si. The zero-order valence-corrected chi connectivity index (χ0v) is 28.6. The Morgan fingerprint density at radius 2 is 1.51 bits per heavy atom. The minimum absolute atomic E-state index is 0.0494. The van der Waals surface area contributed by atoms with Crippen molar-refractivity contribution >= 4 is 18.7 Å². The fraction of sp³-hybridized carbons (Fsp3) is 0.543. The molecule has 0 spiro atoms. The lowest BCUT2D eigenvalue weighted by molar-refractivity contribution is -0.169. The van der Waals surface area contributed by atoms with Crippen LogP contribution in [0.3, 0.4) is 0 Å². The molecule has 2 aromatic carbocycles. The summed E-state index contributed by atoms with van der Waals surface area (Å²) in [4.78, 5) is 27.6. The van der Waals surface area contributed by atoms with E-state index in [1.54, 1.807) is 6.92 Å². The van der Waals surface area contributed by atoms with Gasteiger partial charge >= 0.3 is 5.69 Å². The molecule has 1 fully saturated rings. The van der Waals surface area contributed by atoms with Crippen molar-refractivity contribution in [3.8, 4) is 0 Å². The molecule has 0 saturated carbocycles. The summed E-state index contributed by atoms with van der Waals surface area (Å²) in [7, 11) is -3.03. The van der Waals surface area contributed by atoms with Gasteiger partial charge in [-0.2, -0.15) is 0 Å². The Morgan fingerprint density at radius 3 is 2.07 bits per heavy atom. The summed E-state index contributed by atoms with van der Waals surface area (Å²) in [5.41, 5.74) is -2.09. The van der Waals surface area contributed by atoms with Gasteiger partial charge in [0.05, 0.1) is 13.2 Å². The van der Waals surface area contributed by atoms with E-state index in [0.717, 1.165) is 36.1 Å². The Kier molecular flexibility index (Phi) is 11.8. The predicted octanol–water partition coefficient (Wildman–Crippen LogP) is 4.05. The lowest BCUT2D eigenvalue weighted by Crippen LogP contribution is -2.68. The first kappa shape index (κ1) is 35.0. The van der Waals surface area contributed by atoms with Gasteiger partial charge in [0.15, 0.2) is 6.23 Å². The first-order chi connectivity index (χ1) is 21.5. The van der Waals surface area contributed by atoms with Crippen LogP contribution >= 0.6 is 0 Å². The zero-order chi connectivity index (χ0) is 32.7. The SMILES string of the molecule is CCCCOC[C@@]1(CO[Si](c2ccccc2)(c2ccccc2)C(C)(C)C)O[C@@H](n2cc(C)c(=O)[nH]c2=O)[C@H](O)C1OCCCC. The van der Waals surface area contributed by atoms with E-state index in [4.69, 9.17) is 18.6 Å². The molecule has 1 aliphatic heterocycles. The normalized spacial score (nSPS) is 22.2. The molecule has 0 amide bonds. The largest absolute Gasteiger partial charge is 0.404 e. The van der Waals surface area contributed by atoms with Crippen LogP contribution in [-0.4, -0.2) is 67.2 Å². The molecule has 1 aromatic heterocycles. The van der Waals surface area contributed by atoms with Crippen LogP contribution in [0.25, 0.3) is 0 Å². The lowest BCUT2D eigenvalue weighted by Gasteiger charge is -2.45. The molecule has 246 valence electrons. The van der Waals surface area contributed by atoms with E-state index in [-0.39, 0.29) is 18.3 Å². The van der Waals surface area contributed by atoms with Crippen molar-refractivity contribution in [2.24, 2.45) is 0 Å². The maximum atomic E-state index is 13.0. The second kappa shape index (κ2) is 15.2. The Morgan fingerprint density at radius 1 is 0.933 bits per heavy atom. The summed E-state index contributed by atoms with van der Waals surface area (Å²) in [5.74, 6) is 0. The van der Waals surface area contributed by atoms with E-state index in [1.165, 1.54) is 10.8 Å². The number of hydrogen-bond donors (Lipinski definition) is 2. The van der Waals surface area contributed by atoms with E-state index in [9.17, 15) is 14.7 Å². The third-order valence-corrected chi connectivity index (χ3v) is 13.6. The van der Waals surface area contributed by atoms with Gasteiger partial charge in [-0.05, 0) is 35.2 Å². The van der Waals surface area contributed by atoms with Crippen LogP contribution in [0.5, 0.6) is 0 Å². The molecule has 9 nitrogen and oxygen atoms in total. The monoisotopic (exact) mass is 638 g/mol. The Balaban J connectivity index is 1.85. The Hall–Kier alpha value is -2.86. The summed E-state index contributed by atoms with van der Waals surface area (Å²) >= 11 is 0. The predicted molar refractivity (Wildman–Crippen MR) is 179 cm³/mol. The molecule has 4 atom stereocenters. The maximum absolute atomic E-state index is 13.0. The number of unbranched alkanes of at least 4 members (excludes halogenated alkanes) is 2. The number of aromatic nitrogens is 2. The maximum Gasteiger partial charge on any atom is 0.330 e. The van der Waals surface area contributed by atoms with Crippen LogP contribution in [0.2, 0.25) is 5.04 Å². The minimum atomic E-state index is -3.03. The molecule has 10 heteroatoms. The van der Waals surface area contributed by atoms with Crippen LogP contribution in [0.15, 0.2) is 76.4 Å². The molecule has 1 aliphatic rings. The average molecular weight is 639 g/mol. The Bertz CT molecular complexity index is 1430. The molecular weight excluding hydrogens is 588 g/mol. The number of aromatic amines is 1. The average Bonchev–Trinajstić information content (AvgIpc) is 3.29. The molecule has 0 bridgehead atoms. The number of nitrogens with zero attached hydrogens (tertiary/aromatic N) is 1. The summed E-state index contributed by atoms with van der Waals surface area (Å²) in [5, 5.41) is 13.8. The van der Waals surface area contributed by atoms with Gasteiger partial charge in [0.1, 0.15) is 17.8 Å². The topological polar surface area (TPSA) is 112 Å². The number of H-pyrrole nitrogens is 1. The third-order valence-electron chi connectivity index (χ3n) is 8.63. The first-order valence-electron chi connectivity index (χ1n) is 16.1. The third kappa shape index (κ3) is 7.42. The fourth-order valence-electron chi connectivity index (χ4n) is 6.20. The number of ether oxygens (including phenoxy) is 3. The van der Waals surface area contributed by atoms with Gasteiger partial charge in [-0.15, -0.1) is 0 Å². The Labute approximate surface area is 267 Å². The van der Waals surface area contributed by atoms with Gasteiger partial charge in [-0.25, -0.2) is 4.79 Å². The molecule has 0 aliphatic carbocycles. The second-order valence-corrected chi connectivity index (χ2v) is 17.4. The number of hydrogen-bond acceptors (Lipinski definition) is 7. The van der Waals surface area contributed by atoms with Crippen LogP contribution in [0, 0.1) is 6.92 Å². The molecule has 4 rings (SSSR count). The van der Waals surface area contributed by atoms with Crippen molar-refractivity contribution in [3.63, 3.8) is 0 Å². The smallest absolute Gasteiger partial charge is 0.330 e. The van der Waals surface area contributed by atoms with E-state index >= 15 is 0 Å². The highest BCUT2D eigenvalue weighted by atomic mass is 28.4. The molecule has 2 heterocycles. The molecule has 3 aromatic rings. The van der Waals surface area contributed by atoms with Crippen molar-refractivity contribution in [3.05, 3.63) is 93.3 Å². The van der Waals surface area contributed by atoms with Gasteiger partial charge in [0.25, 0.3) is 13.9 Å². The molecule has 1 unspecified atom stereocenters. The first-order valence-corrected chi connectivity index (χ1v) is 18.0. The van der Waals surface area contributed by atoms with Crippen LogP contribution < -0.4 is 21.6 Å². The number of aliphatic hydroxyl groups is 1. The number of nitrogens with one attached hydrogen (secondary N) is 1. The molecule has 2 N–H and O–H groups in total. The van der Waals surface area contributed by atoms with Gasteiger partial charge in [-0.1, -0.05) is 108 Å². The van der Waals surface area contributed by atoms with Gasteiger partial charge in [0.2, 0.25) is 0 Å². The number of aliphatic hydroxyl groups excluding tert-OH is 1. The van der Waals surface area contributed by atoms with Crippen molar-refractivity contribution in [2.45, 2.75) is 96.3 Å². The van der Waals surface area contributed by atoms with Gasteiger partial charge in [-0.3, -0.25) is 14.3 Å². The minimum Gasteiger partial charge on any atom is -0.404 e. The number of benzene rings is 2. The van der Waals surface area contributed by atoms with E-state index < -0.39 is 43.6 Å². The van der Waals surface area contributed by atoms with E-state index in [0.29, 0.717) is 18.8 Å². The van der Waals surface area contributed by atoms with E-state index in [2.05, 4.69) is 63.9 Å². The standard InChI is InChI=1S/C35H50N2O7Si/c1-7-9-21-41-24-35(25-43-45(34(4,5)6,27-17-13-11-14-18-27)28-19-15-12-16-20-28)30(42-22-10-8-2)29(38)32(44-35)37-23-26(3)31(39)36-33(37)40/h11-20,23,29-30,32,38H,7-10,21-22,24-25H2,1-6H3,(H,36,39,40)/t29-,30?,32-,35+/m1/s1. The van der Waals surface area contributed by atoms with Crippen molar-refractivity contribution in [1.29, 1.82) is 0 Å². The highest BCUT2D eigenvalue weighted by Crippen LogP contribution is 2.43. The summed E-state index contributed by atoms with van der Waals surface area (Å²) in [6.07, 6.45) is 1.71. The van der Waals surface area contributed by atoms with E-state index in [1.807, 2.05) is 36.4 Å². The highest BCUT2D eigenvalue weighted by Gasteiger charge is 2.59. The molecule has 45 heavy (non-hydrogen) atoms. The zero-order valence-electron chi connectivity index (χ0n) is 27.6. The lowest BCUT2D eigenvalue weighted by atomic mass is 9.96. The summed E-state index contributed by atoms with van der Waals surface area (Å²) in [6.45, 7) is 13.4. The molecule has 0 radical (unpaired) electrons. The van der Waals surface area contributed by atoms with Crippen molar-refractivity contribution in [1.82, 2.24) is 9.55 Å². The number of aryl methyl sites for hydroxylation is 1.